The van der Waals surface area contributed by atoms with Crippen molar-refractivity contribution in [3.63, 3.8) is 0 Å². The molecule has 0 aliphatic heterocycles. The first-order chi connectivity index (χ1) is 9.73. The van der Waals surface area contributed by atoms with Gasteiger partial charge in [-0.3, -0.25) is 4.79 Å². The molecule has 1 aliphatic rings. The second-order valence-electron chi connectivity index (χ2n) is 5.08. The minimum atomic E-state index is -4.75. The van der Waals surface area contributed by atoms with Gasteiger partial charge in [-0.25, -0.2) is 0 Å². The molecule has 116 valence electrons. The molecule has 0 atom stereocenters. The lowest BCUT2D eigenvalue weighted by Crippen LogP contribution is -2.19. The molecule has 0 radical (unpaired) electrons. The van der Waals surface area contributed by atoms with Crippen molar-refractivity contribution in [2.45, 2.75) is 25.6 Å². The summed E-state index contributed by atoms with van der Waals surface area (Å²) in [4.78, 5) is 11.9. The fourth-order valence-corrected chi connectivity index (χ4v) is 2.79. The highest BCUT2D eigenvalue weighted by molar-refractivity contribution is 9.10. The van der Waals surface area contributed by atoms with Crippen LogP contribution in [0.15, 0.2) is 22.7 Å². The molecule has 2 rings (SSSR count). The van der Waals surface area contributed by atoms with Crippen molar-refractivity contribution < 1.29 is 22.7 Å². The fraction of sp³-hybridized carbons (Fsp3) is 0.462. The molecule has 8 heteroatoms. The lowest BCUT2D eigenvalue weighted by atomic mass is 10.1. The Hall–Kier alpha value is -0.890. The Kier molecular flexibility index (Phi) is 4.77. The highest BCUT2D eigenvalue weighted by Crippen LogP contribution is 2.49. The fourth-order valence-electron chi connectivity index (χ4n) is 1.90. The van der Waals surface area contributed by atoms with E-state index in [9.17, 15) is 18.0 Å². The molecule has 0 bridgehead atoms. The Morgan fingerprint density at radius 1 is 1.43 bits per heavy atom. The highest BCUT2D eigenvalue weighted by Gasteiger charge is 2.42. The molecule has 1 saturated carbocycles. The number of carbonyl (C=O) groups excluding carboxylic acids is 1. The standard InChI is InChI=1S/C13H13BrF3NO2S/c14-9-5-8(1-2-10(9)20-13(15,16)17)18-11(19)6-12(7-21)3-4-12/h1-2,5,21H,3-4,6-7H2,(H,18,19). The lowest BCUT2D eigenvalue weighted by Gasteiger charge is -2.14. The molecular weight excluding hydrogens is 371 g/mol. The van der Waals surface area contributed by atoms with Crippen molar-refractivity contribution in [3.05, 3.63) is 22.7 Å². The van der Waals surface area contributed by atoms with Crippen molar-refractivity contribution in [1.82, 2.24) is 0 Å². The van der Waals surface area contributed by atoms with Crippen LogP contribution in [-0.2, 0) is 4.79 Å². The summed E-state index contributed by atoms with van der Waals surface area (Å²) in [6.07, 6.45) is -2.43. The van der Waals surface area contributed by atoms with E-state index in [0.717, 1.165) is 18.9 Å². The quantitative estimate of drug-likeness (QED) is 0.740. The minimum absolute atomic E-state index is 0.0102. The Balaban J connectivity index is 1.98. The molecule has 1 fully saturated rings. The number of alkyl halides is 3. The minimum Gasteiger partial charge on any atom is -0.405 e. The van der Waals surface area contributed by atoms with Crippen LogP contribution < -0.4 is 10.1 Å². The van der Waals surface area contributed by atoms with E-state index in [2.05, 4.69) is 38.6 Å². The van der Waals surface area contributed by atoms with Crippen molar-refractivity contribution >= 4 is 40.2 Å². The predicted molar refractivity (Wildman–Crippen MR) is 79.6 cm³/mol. The molecule has 21 heavy (non-hydrogen) atoms. The summed E-state index contributed by atoms with van der Waals surface area (Å²) in [6, 6.07) is 3.89. The number of anilines is 1. The third kappa shape index (κ3) is 4.81. The normalized spacial score (nSPS) is 16.4. The van der Waals surface area contributed by atoms with Gasteiger partial charge in [0.1, 0.15) is 5.75 Å². The van der Waals surface area contributed by atoms with Gasteiger partial charge in [0.15, 0.2) is 0 Å². The van der Waals surface area contributed by atoms with E-state index in [0.29, 0.717) is 17.9 Å². The highest BCUT2D eigenvalue weighted by atomic mass is 79.9. The Bertz CT molecular complexity index is 547. The second-order valence-corrected chi connectivity index (χ2v) is 6.25. The monoisotopic (exact) mass is 383 g/mol. The van der Waals surface area contributed by atoms with Gasteiger partial charge in [0, 0.05) is 12.1 Å². The van der Waals surface area contributed by atoms with E-state index in [1.807, 2.05) is 0 Å². The first kappa shape index (κ1) is 16.5. The Morgan fingerprint density at radius 3 is 2.57 bits per heavy atom. The zero-order chi connectivity index (χ0) is 15.7. The molecule has 1 aromatic carbocycles. The summed E-state index contributed by atoms with van der Waals surface area (Å²) >= 11 is 7.21. The number of thiol groups is 1. The summed E-state index contributed by atoms with van der Waals surface area (Å²) in [6.45, 7) is 0. The number of hydrogen-bond donors (Lipinski definition) is 2. The number of amides is 1. The molecule has 0 spiro atoms. The zero-order valence-electron chi connectivity index (χ0n) is 10.8. The molecule has 0 heterocycles. The Labute approximate surface area is 133 Å². The van der Waals surface area contributed by atoms with Crippen LogP contribution in [0.2, 0.25) is 0 Å². The summed E-state index contributed by atoms with van der Waals surface area (Å²) < 4.78 is 40.4. The van der Waals surface area contributed by atoms with Crippen molar-refractivity contribution in [1.29, 1.82) is 0 Å². The number of benzene rings is 1. The smallest absolute Gasteiger partial charge is 0.405 e. The van der Waals surface area contributed by atoms with Crippen LogP contribution in [0.25, 0.3) is 0 Å². The average Bonchev–Trinajstić information content (AvgIpc) is 3.11. The molecule has 0 aromatic heterocycles. The van der Waals surface area contributed by atoms with Crippen molar-refractivity contribution in [2.75, 3.05) is 11.1 Å². The van der Waals surface area contributed by atoms with Gasteiger partial charge in [-0.05, 0) is 58.1 Å². The molecule has 1 aromatic rings. The van der Waals surface area contributed by atoms with Gasteiger partial charge in [-0.15, -0.1) is 13.2 Å². The van der Waals surface area contributed by atoms with E-state index in [-0.39, 0.29) is 21.5 Å². The lowest BCUT2D eigenvalue weighted by molar-refractivity contribution is -0.274. The van der Waals surface area contributed by atoms with Gasteiger partial charge in [0.25, 0.3) is 0 Å². The molecular formula is C13H13BrF3NO2S. The molecule has 1 aliphatic carbocycles. The van der Waals surface area contributed by atoms with E-state index >= 15 is 0 Å². The van der Waals surface area contributed by atoms with Gasteiger partial charge >= 0.3 is 6.36 Å². The third-order valence-corrected chi connectivity index (χ3v) is 4.56. The van der Waals surface area contributed by atoms with Gasteiger partial charge in [0.2, 0.25) is 5.91 Å². The number of carbonyl (C=O) groups is 1. The summed E-state index contributed by atoms with van der Waals surface area (Å²) in [5.74, 6) is 0.134. The number of halogens is 4. The number of hydrogen-bond acceptors (Lipinski definition) is 3. The first-order valence-corrected chi connectivity index (χ1v) is 7.62. The SMILES string of the molecule is O=C(CC1(CS)CC1)Nc1ccc(OC(F)(F)F)c(Br)c1. The maximum Gasteiger partial charge on any atom is 0.573 e. The van der Waals surface area contributed by atoms with Crippen LogP contribution in [0.1, 0.15) is 19.3 Å². The third-order valence-electron chi connectivity index (χ3n) is 3.27. The van der Waals surface area contributed by atoms with Gasteiger partial charge < -0.3 is 10.1 Å². The van der Waals surface area contributed by atoms with Crippen LogP contribution in [0.4, 0.5) is 18.9 Å². The molecule has 3 nitrogen and oxygen atoms in total. The van der Waals surface area contributed by atoms with Gasteiger partial charge in [-0.2, -0.15) is 12.6 Å². The number of ether oxygens (including phenoxy) is 1. The van der Waals surface area contributed by atoms with Gasteiger partial charge in [-0.1, -0.05) is 0 Å². The van der Waals surface area contributed by atoms with E-state index in [1.54, 1.807) is 0 Å². The summed E-state index contributed by atoms with van der Waals surface area (Å²) in [5.41, 5.74) is 0.403. The molecule has 1 amide bonds. The first-order valence-electron chi connectivity index (χ1n) is 6.19. The van der Waals surface area contributed by atoms with E-state index in [1.165, 1.54) is 12.1 Å². The zero-order valence-corrected chi connectivity index (χ0v) is 13.3. The summed E-state index contributed by atoms with van der Waals surface area (Å²) in [5, 5.41) is 2.66. The number of nitrogens with one attached hydrogen (secondary N) is 1. The predicted octanol–water partition coefficient (Wildman–Crippen LogP) is 4.39. The van der Waals surface area contributed by atoms with Crippen molar-refractivity contribution in [3.8, 4) is 5.75 Å². The average molecular weight is 384 g/mol. The van der Waals surface area contributed by atoms with Gasteiger partial charge in [0.05, 0.1) is 4.47 Å². The molecule has 0 saturated heterocycles. The number of rotatable bonds is 5. The van der Waals surface area contributed by atoms with E-state index < -0.39 is 6.36 Å². The maximum atomic E-state index is 12.1. The van der Waals surface area contributed by atoms with Crippen molar-refractivity contribution in [2.24, 2.45) is 5.41 Å². The van der Waals surface area contributed by atoms with E-state index in [4.69, 9.17) is 0 Å². The van der Waals surface area contributed by atoms with Crippen LogP contribution in [0.3, 0.4) is 0 Å². The van der Waals surface area contributed by atoms with Crippen LogP contribution in [0.5, 0.6) is 5.75 Å². The topological polar surface area (TPSA) is 38.3 Å². The Morgan fingerprint density at radius 2 is 2.10 bits per heavy atom. The van der Waals surface area contributed by atoms with Crippen LogP contribution >= 0.6 is 28.6 Å². The largest absolute Gasteiger partial charge is 0.573 e. The molecule has 1 N–H and O–H groups in total. The van der Waals surface area contributed by atoms with Crippen LogP contribution in [-0.4, -0.2) is 18.0 Å². The maximum absolute atomic E-state index is 12.1. The molecule has 0 unspecified atom stereocenters. The summed E-state index contributed by atoms with van der Waals surface area (Å²) in [7, 11) is 0. The van der Waals surface area contributed by atoms with Crippen LogP contribution in [0, 0.1) is 5.41 Å². The second kappa shape index (κ2) is 6.08.